The lowest BCUT2D eigenvalue weighted by molar-refractivity contribution is -0.119. The maximum absolute atomic E-state index is 13.8. The summed E-state index contributed by atoms with van der Waals surface area (Å²) < 4.78 is 18.9. The molecule has 2 unspecified atom stereocenters. The van der Waals surface area contributed by atoms with Crippen molar-refractivity contribution in [3.05, 3.63) is 125 Å². The lowest BCUT2D eigenvalue weighted by Gasteiger charge is -2.42. The highest BCUT2D eigenvalue weighted by Crippen LogP contribution is 2.44. The second kappa shape index (κ2) is 10.00. The SMILES string of the molecule is COc1ccc(C2C(C(=O)Nc3ccccn3)c3ccccc3C(=O)N2Cc2ccc(F)cc2)cc1. The number of halogens is 1. The molecule has 0 aliphatic carbocycles. The summed E-state index contributed by atoms with van der Waals surface area (Å²) in [6.07, 6.45) is 1.61. The zero-order chi connectivity index (χ0) is 25.1. The van der Waals surface area contributed by atoms with E-state index in [1.807, 2.05) is 36.4 Å². The molecule has 0 radical (unpaired) electrons. The largest absolute Gasteiger partial charge is 0.497 e. The fourth-order valence-electron chi connectivity index (χ4n) is 4.65. The van der Waals surface area contributed by atoms with Gasteiger partial charge in [-0.05, 0) is 59.2 Å². The zero-order valence-electron chi connectivity index (χ0n) is 19.6. The molecular weight excluding hydrogens is 457 g/mol. The lowest BCUT2D eigenvalue weighted by atomic mass is 9.79. The number of nitrogens with one attached hydrogen (secondary N) is 1. The van der Waals surface area contributed by atoms with E-state index in [4.69, 9.17) is 4.74 Å². The van der Waals surface area contributed by atoms with Gasteiger partial charge in [0.05, 0.1) is 19.1 Å². The standard InChI is InChI=1S/C29H24FN3O3/c1-36-22-15-11-20(12-16-22)27-26(28(34)32-25-8-4-5-17-31-25)23-6-2-3-7-24(23)29(35)33(27)18-19-9-13-21(30)14-10-19/h2-17,26-27H,18H2,1H3,(H,31,32,34). The van der Waals surface area contributed by atoms with Gasteiger partial charge >= 0.3 is 0 Å². The molecule has 0 bridgehead atoms. The topological polar surface area (TPSA) is 71.5 Å². The summed E-state index contributed by atoms with van der Waals surface area (Å²) in [6.45, 7) is 0.206. The van der Waals surface area contributed by atoms with Crippen molar-refractivity contribution in [1.29, 1.82) is 0 Å². The summed E-state index contributed by atoms with van der Waals surface area (Å²) in [5.41, 5.74) is 2.64. The first kappa shape index (κ1) is 23.2. The molecule has 2 amide bonds. The van der Waals surface area contributed by atoms with Crippen LogP contribution in [0.3, 0.4) is 0 Å². The van der Waals surface area contributed by atoms with Gasteiger partial charge in [0.1, 0.15) is 17.4 Å². The average Bonchev–Trinajstić information content (AvgIpc) is 2.92. The van der Waals surface area contributed by atoms with Gasteiger partial charge in [-0.25, -0.2) is 9.37 Å². The van der Waals surface area contributed by atoms with Crippen molar-refractivity contribution in [2.75, 3.05) is 12.4 Å². The van der Waals surface area contributed by atoms with Crippen LogP contribution in [-0.2, 0) is 11.3 Å². The molecule has 0 spiro atoms. The minimum absolute atomic E-state index is 0.197. The molecule has 0 fully saturated rings. The van der Waals surface area contributed by atoms with Crippen molar-refractivity contribution in [3.8, 4) is 5.75 Å². The summed E-state index contributed by atoms with van der Waals surface area (Å²) in [6, 6.07) is 25.2. The number of nitrogens with zero attached hydrogens (tertiary/aromatic N) is 2. The third-order valence-corrected chi connectivity index (χ3v) is 6.36. The minimum atomic E-state index is -0.713. The number of methoxy groups -OCH3 is 1. The molecule has 4 aromatic rings. The van der Waals surface area contributed by atoms with Gasteiger partial charge in [0, 0.05) is 18.3 Å². The van der Waals surface area contributed by atoms with E-state index in [9.17, 15) is 14.0 Å². The first-order chi connectivity index (χ1) is 17.5. The quantitative estimate of drug-likeness (QED) is 0.403. The molecule has 1 aliphatic rings. The van der Waals surface area contributed by atoms with Crippen LogP contribution in [0.1, 0.15) is 39.0 Å². The predicted octanol–water partition coefficient (Wildman–Crippen LogP) is 5.35. The first-order valence-corrected chi connectivity index (χ1v) is 11.6. The van der Waals surface area contributed by atoms with E-state index in [2.05, 4.69) is 10.3 Å². The number of ether oxygens (including phenoxy) is 1. The van der Waals surface area contributed by atoms with E-state index >= 15 is 0 Å². The number of pyridine rings is 1. The van der Waals surface area contributed by atoms with Gasteiger partial charge in [-0.1, -0.05) is 48.5 Å². The van der Waals surface area contributed by atoms with Crippen LogP contribution in [0, 0.1) is 5.82 Å². The second-order valence-electron chi connectivity index (χ2n) is 8.55. The predicted molar refractivity (Wildman–Crippen MR) is 134 cm³/mol. The first-order valence-electron chi connectivity index (χ1n) is 11.6. The van der Waals surface area contributed by atoms with Crippen molar-refractivity contribution in [1.82, 2.24) is 9.88 Å². The second-order valence-corrected chi connectivity index (χ2v) is 8.55. The molecule has 1 aromatic heterocycles. The van der Waals surface area contributed by atoms with E-state index in [-0.39, 0.29) is 24.2 Å². The minimum Gasteiger partial charge on any atom is -0.497 e. The number of anilines is 1. The maximum atomic E-state index is 13.8. The number of aromatic nitrogens is 1. The van der Waals surface area contributed by atoms with Gasteiger partial charge in [0.25, 0.3) is 5.91 Å². The smallest absolute Gasteiger partial charge is 0.255 e. The van der Waals surface area contributed by atoms with Crippen LogP contribution in [0.25, 0.3) is 0 Å². The Morgan fingerprint density at radius 3 is 2.39 bits per heavy atom. The van der Waals surface area contributed by atoms with Crippen LogP contribution < -0.4 is 10.1 Å². The molecule has 0 saturated heterocycles. The molecule has 0 saturated carbocycles. The molecule has 1 N–H and O–H groups in total. The van der Waals surface area contributed by atoms with Crippen LogP contribution >= 0.6 is 0 Å². The van der Waals surface area contributed by atoms with Crippen molar-refractivity contribution < 1.29 is 18.7 Å². The van der Waals surface area contributed by atoms with Gasteiger partial charge in [0.2, 0.25) is 5.91 Å². The maximum Gasteiger partial charge on any atom is 0.255 e. The average molecular weight is 482 g/mol. The van der Waals surface area contributed by atoms with Crippen molar-refractivity contribution in [2.45, 2.75) is 18.5 Å². The molecular formula is C29H24FN3O3. The van der Waals surface area contributed by atoms with Gasteiger partial charge < -0.3 is 15.0 Å². The Bertz CT molecular complexity index is 1380. The van der Waals surface area contributed by atoms with E-state index < -0.39 is 12.0 Å². The Kier molecular flexibility index (Phi) is 6.45. The Hall–Kier alpha value is -4.52. The van der Waals surface area contributed by atoms with Crippen LogP contribution in [-0.4, -0.2) is 28.8 Å². The summed E-state index contributed by atoms with van der Waals surface area (Å²) in [4.78, 5) is 33.5. The number of carbonyl (C=O) groups excluding carboxylic acids is 2. The van der Waals surface area contributed by atoms with Crippen molar-refractivity contribution in [2.24, 2.45) is 0 Å². The van der Waals surface area contributed by atoms with E-state index in [0.29, 0.717) is 22.7 Å². The Morgan fingerprint density at radius 2 is 1.69 bits per heavy atom. The highest BCUT2D eigenvalue weighted by Gasteiger charge is 2.44. The molecule has 180 valence electrons. The number of benzene rings is 3. The zero-order valence-corrected chi connectivity index (χ0v) is 19.6. The normalized spacial score (nSPS) is 16.8. The van der Waals surface area contributed by atoms with Gasteiger partial charge in [-0.2, -0.15) is 0 Å². The molecule has 7 heteroatoms. The fraction of sp³-hybridized carbons (Fsp3) is 0.138. The molecule has 2 atom stereocenters. The Labute approximate surface area is 208 Å². The molecule has 5 rings (SSSR count). The summed E-state index contributed by atoms with van der Waals surface area (Å²) in [5, 5.41) is 2.92. The van der Waals surface area contributed by atoms with Crippen LogP contribution in [0.4, 0.5) is 10.2 Å². The molecule has 6 nitrogen and oxygen atoms in total. The van der Waals surface area contributed by atoms with Crippen LogP contribution in [0.15, 0.2) is 97.2 Å². The number of fused-ring (bicyclic) bond motifs is 1. The molecule has 2 heterocycles. The fourth-order valence-corrected chi connectivity index (χ4v) is 4.65. The summed E-state index contributed by atoms with van der Waals surface area (Å²) in [7, 11) is 1.58. The number of hydrogen-bond donors (Lipinski definition) is 1. The molecule has 1 aliphatic heterocycles. The van der Waals surface area contributed by atoms with E-state index in [1.165, 1.54) is 12.1 Å². The third-order valence-electron chi connectivity index (χ3n) is 6.36. The van der Waals surface area contributed by atoms with Crippen molar-refractivity contribution >= 4 is 17.6 Å². The number of amides is 2. The highest BCUT2D eigenvalue weighted by atomic mass is 19.1. The Balaban J connectivity index is 1.63. The van der Waals surface area contributed by atoms with Gasteiger partial charge in [-0.3, -0.25) is 9.59 Å². The lowest BCUT2D eigenvalue weighted by Crippen LogP contribution is -2.45. The number of carbonyl (C=O) groups is 2. The van der Waals surface area contributed by atoms with E-state index in [1.54, 1.807) is 60.7 Å². The summed E-state index contributed by atoms with van der Waals surface area (Å²) >= 11 is 0. The van der Waals surface area contributed by atoms with Crippen LogP contribution in [0.5, 0.6) is 5.75 Å². The van der Waals surface area contributed by atoms with Crippen LogP contribution in [0.2, 0.25) is 0 Å². The third kappa shape index (κ3) is 4.55. The monoisotopic (exact) mass is 481 g/mol. The Morgan fingerprint density at radius 1 is 0.972 bits per heavy atom. The number of rotatable bonds is 6. The highest BCUT2D eigenvalue weighted by molar-refractivity contribution is 6.04. The van der Waals surface area contributed by atoms with Gasteiger partial charge in [-0.15, -0.1) is 0 Å². The van der Waals surface area contributed by atoms with Crippen molar-refractivity contribution in [3.63, 3.8) is 0 Å². The number of hydrogen-bond acceptors (Lipinski definition) is 4. The van der Waals surface area contributed by atoms with E-state index in [0.717, 1.165) is 11.1 Å². The molecule has 3 aromatic carbocycles. The summed E-state index contributed by atoms with van der Waals surface area (Å²) in [5.74, 6) is -0.448. The molecule has 36 heavy (non-hydrogen) atoms. The van der Waals surface area contributed by atoms with Gasteiger partial charge in [0.15, 0.2) is 0 Å².